The van der Waals surface area contributed by atoms with Crippen molar-refractivity contribution in [3.8, 4) is 0 Å². The number of aromatic nitrogens is 2. The van der Waals surface area contributed by atoms with Gasteiger partial charge in [0.2, 0.25) is 0 Å². The number of pyridine rings is 1. The molecule has 102 valence electrons. The van der Waals surface area contributed by atoms with Gasteiger partial charge in [-0.05, 0) is 44.4 Å². The van der Waals surface area contributed by atoms with Gasteiger partial charge in [0.25, 0.3) is 0 Å². The highest BCUT2D eigenvalue weighted by Crippen LogP contribution is 2.31. The van der Waals surface area contributed by atoms with Gasteiger partial charge in [-0.2, -0.15) is 0 Å². The van der Waals surface area contributed by atoms with Crippen molar-refractivity contribution in [3.63, 3.8) is 0 Å². The van der Waals surface area contributed by atoms with E-state index in [4.69, 9.17) is 10.5 Å². The van der Waals surface area contributed by atoms with E-state index in [2.05, 4.69) is 35.7 Å². The summed E-state index contributed by atoms with van der Waals surface area (Å²) in [6, 6.07) is 4.04. The molecule has 0 aromatic carbocycles. The first-order chi connectivity index (χ1) is 9.09. The van der Waals surface area contributed by atoms with Crippen molar-refractivity contribution in [1.82, 2.24) is 9.55 Å². The summed E-state index contributed by atoms with van der Waals surface area (Å²) in [5.41, 5.74) is 7.98. The van der Waals surface area contributed by atoms with Crippen LogP contribution in [0.25, 0.3) is 11.0 Å². The summed E-state index contributed by atoms with van der Waals surface area (Å²) >= 11 is 0. The first kappa shape index (κ1) is 12.6. The van der Waals surface area contributed by atoms with Crippen LogP contribution in [0.2, 0.25) is 0 Å². The van der Waals surface area contributed by atoms with Gasteiger partial charge in [0.1, 0.15) is 5.65 Å². The monoisotopic (exact) mass is 259 g/mol. The van der Waals surface area contributed by atoms with Crippen molar-refractivity contribution in [2.24, 2.45) is 5.73 Å². The van der Waals surface area contributed by atoms with E-state index < -0.39 is 0 Å². The van der Waals surface area contributed by atoms with Gasteiger partial charge in [-0.3, -0.25) is 0 Å². The zero-order valence-corrected chi connectivity index (χ0v) is 11.6. The van der Waals surface area contributed by atoms with Crippen molar-refractivity contribution in [2.45, 2.75) is 51.5 Å². The smallest absolute Gasteiger partial charge is 0.140 e. The van der Waals surface area contributed by atoms with Crippen LogP contribution in [0.1, 0.15) is 32.3 Å². The van der Waals surface area contributed by atoms with Crippen LogP contribution in [-0.4, -0.2) is 21.3 Å². The molecule has 0 spiro atoms. The highest BCUT2D eigenvalue weighted by molar-refractivity contribution is 5.80. The fourth-order valence-corrected chi connectivity index (χ4v) is 2.92. The minimum Gasteiger partial charge on any atom is -0.370 e. The van der Waals surface area contributed by atoms with Gasteiger partial charge in [0, 0.05) is 24.3 Å². The number of nitrogens with zero attached hydrogens (tertiary/aromatic N) is 2. The third-order valence-corrected chi connectivity index (χ3v) is 3.89. The number of nitrogens with two attached hydrogens (primary N) is 1. The molecule has 3 rings (SSSR count). The first-order valence-electron chi connectivity index (χ1n) is 6.90. The van der Waals surface area contributed by atoms with E-state index in [0.717, 1.165) is 36.0 Å². The Hall–Kier alpha value is -1.39. The van der Waals surface area contributed by atoms with E-state index in [-0.39, 0.29) is 11.7 Å². The van der Waals surface area contributed by atoms with E-state index in [0.29, 0.717) is 6.54 Å². The van der Waals surface area contributed by atoms with Gasteiger partial charge in [-0.25, -0.2) is 4.98 Å². The summed E-state index contributed by atoms with van der Waals surface area (Å²) in [4.78, 5) is 4.48. The second-order valence-electron chi connectivity index (χ2n) is 5.92. The summed E-state index contributed by atoms with van der Waals surface area (Å²) in [6.07, 6.45) is 6.45. The number of ether oxygens (including phenoxy) is 1. The number of rotatable bonds is 3. The van der Waals surface area contributed by atoms with E-state index in [1.165, 1.54) is 0 Å². The molecule has 4 heteroatoms. The third kappa shape index (κ3) is 2.38. The predicted octanol–water partition coefficient (Wildman–Crippen LogP) is 2.45. The van der Waals surface area contributed by atoms with Crippen LogP contribution < -0.4 is 5.73 Å². The maximum Gasteiger partial charge on any atom is 0.140 e. The van der Waals surface area contributed by atoms with E-state index in [9.17, 15) is 0 Å². The van der Waals surface area contributed by atoms with Crippen molar-refractivity contribution in [2.75, 3.05) is 0 Å². The lowest BCUT2D eigenvalue weighted by atomic mass is 10.1. The summed E-state index contributed by atoms with van der Waals surface area (Å²) in [7, 11) is 0. The second kappa shape index (κ2) is 4.62. The zero-order valence-electron chi connectivity index (χ0n) is 11.6. The Balaban J connectivity index is 1.89. The van der Waals surface area contributed by atoms with Crippen LogP contribution in [0.4, 0.5) is 0 Å². The Morgan fingerprint density at radius 2 is 2.37 bits per heavy atom. The molecule has 2 aromatic heterocycles. The second-order valence-corrected chi connectivity index (χ2v) is 5.92. The lowest BCUT2D eigenvalue weighted by molar-refractivity contribution is -0.0212. The number of hydrogen-bond acceptors (Lipinski definition) is 3. The molecule has 0 aliphatic carbocycles. The molecule has 3 heterocycles. The Morgan fingerprint density at radius 3 is 3.05 bits per heavy atom. The molecule has 0 amide bonds. The molecule has 1 aliphatic rings. The maximum atomic E-state index is 6.06. The quantitative estimate of drug-likeness (QED) is 0.921. The van der Waals surface area contributed by atoms with Gasteiger partial charge in [-0.15, -0.1) is 0 Å². The van der Waals surface area contributed by atoms with Crippen molar-refractivity contribution < 1.29 is 4.74 Å². The fraction of sp³-hybridized carbons (Fsp3) is 0.533. The van der Waals surface area contributed by atoms with Gasteiger partial charge in [-0.1, -0.05) is 0 Å². The average Bonchev–Trinajstić information content (AvgIpc) is 2.91. The molecule has 0 radical (unpaired) electrons. The Bertz CT molecular complexity index is 588. The van der Waals surface area contributed by atoms with E-state index in [1.807, 2.05) is 12.3 Å². The Kier molecular flexibility index (Phi) is 3.07. The van der Waals surface area contributed by atoms with Crippen LogP contribution in [0, 0.1) is 0 Å². The van der Waals surface area contributed by atoms with Crippen LogP contribution in [0.3, 0.4) is 0 Å². The zero-order chi connectivity index (χ0) is 13.5. The summed E-state index contributed by atoms with van der Waals surface area (Å²) in [6.45, 7) is 5.72. The van der Waals surface area contributed by atoms with Crippen LogP contribution in [0.5, 0.6) is 0 Å². The molecule has 0 bridgehead atoms. The minimum atomic E-state index is 0.0117. The molecule has 19 heavy (non-hydrogen) atoms. The fourth-order valence-electron chi connectivity index (χ4n) is 2.92. The molecule has 1 aliphatic heterocycles. The molecule has 1 atom stereocenters. The van der Waals surface area contributed by atoms with Crippen LogP contribution >= 0.6 is 0 Å². The molecule has 2 N–H and O–H groups in total. The SMILES string of the molecule is CC1(C)CCC(Cn2cc(CN)c3cccnc32)O1. The van der Waals surface area contributed by atoms with E-state index >= 15 is 0 Å². The highest BCUT2D eigenvalue weighted by Gasteiger charge is 2.31. The third-order valence-electron chi connectivity index (χ3n) is 3.89. The van der Waals surface area contributed by atoms with Crippen LogP contribution in [-0.2, 0) is 17.8 Å². The lowest BCUT2D eigenvalue weighted by Crippen LogP contribution is -2.22. The van der Waals surface area contributed by atoms with Crippen molar-refractivity contribution in [3.05, 3.63) is 30.1 Å². The van der Waals surface area contributed by atoms with Gasteiger partial charge in [0.05, 0.1) is 18.2 Å². The van der Waals surface area contributed by atoms with Crippen molar-refractivity contribution >= 4 is 11.0 Å². The normalized spacial score (nSPS) is 22.2. The Morgan fingerprint density at radius 1 is 1.53 bits per heavy atom. The molecule has 1 saturated heterocycles. The number of fused-ring (bicyclic) bond motifs is 1. The molecule has 4 nitrogen and oxygen atoms in total. The topological polar surface area (TPSA) is 53.1 Å². The average molecular weight is 259 g/mol. The largest absolute Gasteiger partial charge is 0.370 e. The molecular weight excluding hydrogens is 238 g/mol. The molecule has 1 unspecified atom stereocenters. The lowest BCUT2D eigenvalue weighted by Gasteiger charge is -2.19. The molecule has 2 aromatic rings. The van der Waals surface area contributed by atoms with E-state index in [1.54, 1.807) is 0 Å². The summed E-state index contributed by atoms with van der Waals surface area (Å²) < 4.78 is 8.25. The first-order valence-corrected chi connectivity index (χ1v) is 6.90. The van der Waals surface area contributed by atoms with Gasteiger partial charge in [0.15, 0.2) is 0 Å². The standard InChI is InChI=1S/C15H21N3O/c1-15(2)6-5-12(19-15)10-18-9-11(8-16)13-4-3-7-17-14(13)18/h3-4,7,9,12H,5-6,8,10,16H2,1-2H3. The van der Waals surface area contributed by atoms with Crippen molar-refractivity contribution in [1.29, 1.82) is 0 Å². The summed E-state index contributed by atoms with van der Waals surface area (Å²) in [5.74, 6) is 0. The van der Waals surface area contributed by atoms with Crippen LogP contribution in [0.15, 0.2) is 24.5 Å². The number of hydrogen-bond donors (Lipinski definition) is 1. The maximum absolute atomic E-state index is 6.06. The highest BCUT2D eigenvalue weighted by atomic mass is 16.5. The Labute approximate surface area is 113 Å². The molecular formula is C15H21N3O. The van der Waals surface area contributed by atoms with Gasteiger partial charge < -0.3 is 15.0 Å². The minimum absolute atomic E-state index is 0.0117. The molecule has 1 fully saturated rings. The van der Waals surface area contributed by atoms with Gasteiger partial charge >= 0.3 is 0 Å². The predicted molar refractivity (Wildman–Crippen MR) is 75.8 cm³/mol. The summed E-state index contributed by atoms with van der Waals surface area (Å²) in [5, 5.41) is 1.15. The molecule has 0 saturated carbocycles.